The van der Waals surface area contributed by atoms with Crippen LogP contribution in [0.3, 0.4) is 0 Å². The molecule has 0 fully saturated rings. The van der Waals surface area contributed by atoms with Crippen LogP contribution < -0.4 is 4.31 Å². The lowest BCUT2D eigenvalue weighted by Gasteiger charge is -2.20. The minimum Gasteiger partial charge on any atom is -0.266 e. The third-order valence-electron chi connectivity index (χ3n) is 3.07. The summed E-state index contributed by atoms with van der Waals surface area (Å²) in [6, 6.07) is 7.00. The monoisotopic (exact) mass is 411 g/mol. The first-order valence-electron chi connectivity index (χ1n) is 6.15. The summed E-state index contributed by atoms with van der Waals surface area (Å²) >= 11 is 3.04. The maximum Gasteiger partial charge on any atom is 0.416 e. The fourth-order valence-electron chi connectivity index (χ4n) is 1.86. The first-order valence-corrected chi connectivity index (χ1v) is 8.38. The van der Waals surface area contributed by atoms with Crippen LogP contribution in [0.25, 0.3) is 0 Å². The summed E-state index contributed by atoms with van der Waals surface area (Å²) in [7, 11) is -3.26. The van der Waals surface area contributed by atoms with Gasteiger partial charge in [0.15, 0.2) is 0 Å². The Morgan fingerprint density at radius 3 is 2.30 bits per heavy atom. The Labute approximate surface area is 138 Å². The second kappa shape index (κ2) is 6.12. The highest BCUT2D eigenvalue weighted by molar-refractivity contribution is 9.10. The molecule has 0 saturated carbocycles. The van der Waals surface area contributed by atoms with E-state index in [4.69, 9.17) is 0 Å². The highest BCUT2D eigenvalue weighted by Crippen LogP contribution is 2.32. The summed E-state index contributed by atoms with van der Waals surface area (Å²) in [5.41, 5.74) is -1.37. The molecule has 0 atom stereocenters. The molecule has 2 rings (SSSR count). The normalized spacial score (nSPS) is 12.3. The van der Waals surface area contributed by atoms with Crippen LogP contribution in [0.2, 0.25) is 0 Å². The predicted molar refractivity (Wildman–Crippen MR) is 81.1 cm³/mol. The molecule has 9 heteroatoms. The molecule has 0 N–H and O–H groups in total. The van der Waals surface area contributed by atoms with Gasteiger partial charge >= 0.3 is 6.18 Å². The summed E-state index contributed by atoms with van der Waals surface area (Å²) in [6.45, 7) is 0. The first-order chi connectivity index (χ1) is 10.5. The van der Waals surface area contributed by atoms with Crippen LogP contribution in [0.5, 0.6) is 0 Å². The van der Waals surface area contributed by atoms with Crippen LogP contribution in [-0.4, -0.2) is 15.5 Å². The average Bonchev–Trinajstić information content (AvgIpc) is 2.46. The lowest BCUT2D eigenvalue weighted by Crippen LogP contribution is -2.27. The Balaban J connectivity index is 2.49. The molecule has 0 saturated heterocycles. The minimum atomic E-state index is -4.67. The van der Waals surface area contributed by atoms with Crippen LogP contribution in [0.15, 0.2) is 51.8 Å². The zero-order chi connectivity index (χ0) is 17.4. The van der Waals surface area contributed by atoms with Crippen molar-refractivity contribution in [2.45, 2.75) is 11.1 Å². The van der Waals surface area contributed by atoms with Crippen molar-refractivity contribution in [3.05, 3.63) is 58.3 Å². The lowest BCUT2D eigenvalue weighted by atomic mass is 10.2. The summed E-state index contributed by atoms with van der Waals surface area (Å²) in [4.78, 5) is -0.572. The molecular formula is C14H10BrF4NO2S. The summed E-state index contributed by atoms with van der Waals surface area (Å²) in [5, 5.41) is 0. The number of hydrogen-bond acceptors (Lipinski definition) is 2. The molecule has 124 valence electrons. The molecule has 0 radical (unpaired) electrons. The maximum atomic E-state index is 13.9. The molecule has 0 bridgehead atoms. The van der Waals surface area contributed by atoms with E-state index < -0.39 is 32.5 Å². The Morgan fingerprint density at radius 2 is 1.74 bits per heavy atom. The van der Waals surface area contributed by atoms with Gasteiger partial charge in [-0.2, -0.15) is 13.2 Å². The van der Waals surface area contributed by atoms with Gasteiger partial charge in [-0.15, -0.1) is 0 Å². The van der Waals surface area contributed by atoms with Crippen molar-refractivity contribution >= 4 is 31.6 Å². The quantitative estimate of drug-likeness (QED) is 0.700. The Kier molecular flexibility index (Phi) is 4.72. The van der Waals surface area contributed by atoms with Gasteiger partial charge in [-0.05, 0) is 36.4 Å². The predicted octanol–water partition coefficient (Wildman–Crippen LogP) is 4.43. The van der Waals surface area contributed by atoms with Crippen molar-refractivity contribution in [2.24, 2.45) is 0 Å². The van der Waals surface area contributed by atoms with E-state index in [1.54, 1.807) is 0 Å². The Morgan fingerprint density at radius 1 is 1.09 bits per heavy atom. The number of nitrogens with zero attached hydrogens (tertiary/aromatic N) is 1. The molecule has 2 aromatic rings. The number of halogens is 5. The van der Waals surface area contributed by atoms with Crippen LogP contribution in [0.1, 0.15) is 5.56 Å². The number of anilines is 1. The fraction of sp³-hybridized carbons (Fsp3) is 0.143. The van der Waals surface area contributed by atoms with Crippen molar-refractivity contribution in [1.82, 2.24) is 0 Å². The number of benzene rings is 2. The largest absolute Gasteiger partial charge is 0.416 e. The molecule has 0 amide bonds. The van der Waals surface area contributed by atoms with Gasteiger partial charge in [0.2, 0.25) is 0 Å². The van der Waals surface area contributed by atoms with Gasteiger partial charge < -0.3 is 0 Å². The topological polar surface area (TPSA) is 37.4 Å². The Bertz CT molecular complexity index is 837. The zero-order valence-corrected chi connectivity index (χ0v) is 14.0. The van der Waals surface area contributed by atoms with Crippen molar-refractivity contribution in [3.8, 4) is 0 Å². The highest BCUT2D eigenvalue weighted by atomic mass is 79.9. The van der Waals surface area contributed by atoms with Gasteiger partial charge in [0.25, 0.3) is 10.0 Å². The minimum absolute atomic E-state index is 0.273. The van der Waals surface area contributed by atoms with Crippen LogP contribution in [0, 0.1) is 5.82 Å². The second-order valence-electron chi connectivity index (χ2n) is 4.59. The number of hydrogen-bond donors (Lipinski definition) is 0. The zero-order valence-electron chi connectivity index (χ0n) is 11.6. The lowest BCUT2D eigenvalue weighted by molar-refractivity contribution is -0.137. The number of sulfonamides is 1. The van der Waals surface area contributed by atoms with E-state index in [1.165, 1.54) is 12.1 Å². The van der Waals surface area contributed by atoms with Crippen LogP contribution in [0.4, 0.5) is 23.2 Å². The van der Waals surface area contributed by atoms with E-state index in [1.807, 2.05) is 0 Å². The van der Waals surface area contributed by atoms with Gasteiger partial charge in [-0.25, -0.2) is 12.8 Å². The average molecular weight is 412 g/mol. The van der Waals surface area contributed by atoms with Gasteiger partial charge in [0.05, 0.1) is 16.1 Å². The third-order valence-corrected chi connectivity index (χ3v) is 5.33. The fourth-order valence-corrected chi connectivity index (χ4v) is 3.44. The first kappa shape index (κ1) is 17.7. The molecule has 0 spiro atoms. The molecule has 0 aromatic heterocycles. The summed E-state index contributed by atoms with van der Waals surface area (Å²) in [5.74, 6) is -0.822. The molecule has 3 nitrogen and oxygen atoms in total. The molecule has 0 unspecified atom stereocenters. The van der Waals surface area contributed by atoms with Gasteiger partial charge in [0.1, 0.15) is 5.82 Å². The van der Waals surface area contributed by atoms with Crippen molar-refractivity contribution in [1.29, 1.82) is 0 Å². The third kappa shape index (κ3) is 3.66. The van der Waals surface area contributed by atoms with Crippen molar-refractivity contribution in [3.63, 3.8) is 0 Å². The highest BCUT2D eigenvalue weighted by Gasteiger charge is 2.32. The molecule has 0 aliphatic carbocycles. The molecular weight excluding hydrogens is 402 g/mol. The van der Waals surface area contributed by atoms with E-state index in [9.17, 15) is 26.0 Å². The molecule has 0 aliphatic rings. The maximum absolute atomic E-state index is 13.9. The molecule has 23 heavy (non-hydrogen) atoms. The molecule has 0 heterocycles. The SMILES string of the molecule is CN(c1ccc(Br)cc1F)S(=O)(=O)c1cccc(C(F)(F)F)c1. The van der Waals surface area contributed by atoms with E-state index >= 15 is 0 Å². The van der Waals surface area contributed by atoms with Crippen molar-refractivity contribution < 1.29 is 26.0 Å². The smallest absolute Gasteiger partial charge is 0.266 e. The van der Waals surface area contributed by atoms with E-state index in [2.05, 4.69) is 15.9 Å². The standard InChI is InChI=1S/C14H10BrF4NO2S/c1-20(13-6-5-10(15)8-12(13)16)23(21,22)11-4-2-3-9(7-11)14(17,18)19/h2-8H,1H3. The van der Waals surface area contributed by atoms with E-state index in [-0.39, 0.29) is 5.69 Å². The van der Waals surface area contributed by atoms with Gasteiger partial charge in [0, 0.05) is 11.5 Å². The molecule has 0 aliphatic heterocycles. The summed E-state index contributed by atoms with van der Waals surface area (Å²) < 4.78 is 77.9. The molecule has 2 aromatic carbocycles. The van der Waals surface area contributed by atoms with E-state index in [0.717, 1.165) is 31.3 Å². The van der Waals surface area contributed by atoms with Gasteiger partial charge in [-0.3, -0.25) is 4.31 Å². The number of alkyl halides is 3. The summed E-state index contributed by atoms with van der Waals surface area (Å²) in [6.07, 6.45) is -4.67. The van der Waals surface area contributed by atoms with Crippen LogP contribution in [-0.2, 0) is 16.2 Å². The van der Waals surface area contributed by atoms with E-state index in [0.29, 0.717) is 14.8 Å². The van der Waals surface area contributed by atoms with Crippen LogP contribution >= 0.6 is 15.9 Å². The Hall–Kier alpha value is -1.61. The number of rotatable bonds is 3. The van der Waals surface area contributed by atoms with Gasteiger partial charge in [-0.1, -0.05) is 22.0 Å². The second-order valence-corrected chi connectivity index (χ2v) is 7.48. The van der Waals surface area contributed by atoms with Crippen molar-refractivity contribution in [2.75, 3.05) is 11.4 Å².